The van der Waals surface area contributed by atoms with E-state index in [-0.39, 0.29) is 5.91 Å². The van der Waals surface area contributed by atoms with E-state index in [0.717, 1.165) is 5.56 Å². The van der Waals surface area contributed by atoms with Crippen LogP contribution in [0.4, 0.5) is 5.69 Å². The van der Waals surface area contributed by atoms with Crippen molar-refractivity contribution in [2.75, 3.05) is 18.8 Å². The normalized spacial score (nSPS) is 18.1. The highest BCUT2D eigenvalue weighted by molar-refractivity contribution is 6.00. The van der Waals surface area contributed by atoms with Crippen LogP contribution >= 0.6 is 0 Å². The number of nitrogens with zero attached hydrogens (tertiary/aromatic N) is 1. The van der Waals surface area contributed by atoms with Crippen molar-refractivity contribution in [1.29, 1.82) is 0 Å². The number of para-hydroxylation sites is 1. The maximum absolute atomic E-state index is 12.0. The Bertz CT molecular complexity index is 433. The van der Waals surface area contributed by atoms with Gasteiger partial charge in [0.25, 0.3) is 5.91 Å². The highest BCUT2D eigenvalue weighted by Crippen LogP contribution is 2.25. The van der Waals surface area contributed by atoms with Gasteiger partial charge in [-0.15, -0.1) is 0 Å². The highest BCUT2D eigenvalue weighted by Gasteiger charge is 2.40. The summed E-state index contributed by atoms with van der Waals surface area (Å²) in [6.45, 7) is 4.34. The van der Waals surface area contributed by atoms with Gasteiger partial charge in [0.2, 0.25) is 0 Å². The van der Waals surface area contributed by atoms with E-state index in [1.807, 2.05) is 19.1 Å². The number of carbonyl (C=O) groups is 1. The summed E-state index contributed by atoms with van der Waals surface area (Å²) in [6.07, 6.45) is 0. The first kappa shape index (κ1) is 11.0. The SMILES string of the molecule is Cc1cccc(C(=O)N2CC(C)(O)C2)c1N. The molecule has 1 aromatic rings. The van der Waals surface area contributed by atoms with Gasteiger partial charge < -0.3 is 15.7 Å². The van der Waals surface area contributed by atoms with Crippen LogP contribution in [0.1, 0.15) is 22.8 Å². The van der Waals surface area contributed by atoms with Gasteiger partial charge in [0.1, 0.15) is 0 Å². The molecular formula is C12H16N2O2. The fraction of sp³-hybridized carbons (Fsp3) is 0.417. The number of amides is 1. The molecule has 1 amide bonds. The van der Waals surface area contributed by atoms with Crippen LogP contribution in [0.5, 0.6) is 0 Å². The Balaban J connectivity index is 2.20. The van der Waals surface area contributed by atoms with Crippen LogP contribution in [-0.4, -0.2) is 34.6 Å². The zero-order valence-electron chi connectivity index (χ0n) is 9.53. The molecule has 1 aliphatic heterocycles. The highest BCUT2D eigenvalue weighted by atomic mass is 16.3. The molecule has 16 heavy (non-hydrogen) atoms. The predicted octanol–water partition coefficient (Wildman–Crippen LogP) is 0.784. The van der Waals surface area contributed by atoms with Crippen LogP contribution in [0.25, 0.3) is 0 Å². The number of hydrogen-bond acceptors (Lipinski definition) is 3. The van der Waals surface area contributed by atoms with Gasteiger partial charge in [0.05, 0.1) is 24.3 Å². The summed E-state index contributed by atoms with van der Waals surface area (Å²) in [7, 11) is 0. The summed E-state index contributed by atoms with van der Waals surface area (Å²) in [5.41, 5.74) is 7.07. The molecule has 0 aliphatic carbocycles. The van der Waals surface area contributed by atoms with Crippen LogP contribution in [0.15, 0.2) is 18.2 Å². The topological polar surface area (TPSA) is 66.6 Å². The Hall–Kier alpha value is -1.55. The molecule has 1 fully saturated rings. The molecule has 0 atom stereocenters. The third-order valence-electron chi connectivity index (χ3n) is 2.90. The van der Waals surface area contributed by atoms with Gasteiger partial charge in [-0.05, 0) is 25.5 Å². The fourth-order valence-electron chi connectivity index (χ4n) is 1.96. The number of anilines is 1. The van der Waals surface area contributed by atoms with Crippen molar-refractivity contribution in [3.63, 3.8) is 0 Å². The first-order chi connectivity index (χ1) is 7.41. The summed E-state index contributed by atoms with van der Waals surface area (Å²) < 4.78 is 0. The largest absolute Gasteiger partial charge is 0.398 e. The van der Waals surface area contributed by atoms with Crippen molar-refractivity contribution in [2.24, 2.45) is 0 Å². The van der Waals surface area contributed by atoms with E-state index >= 15 is 0 Å². The van der Waals surface area contributed by atoms with Gasteiger partial charge in [0, 0.05) is 5.69 Å². The first-order valence-corrected chi connectivity index (χ1v) is 5.27. The molecule has 0 bridgehead atoms. The molecule has 86 valence electrons. The number of carbonyl (C=O) groups excluding carboxylic acids is 1. The van der Waals surface area contributed by atoms with E-state index in [0.29, 0.717) is 24.3 Å². The zero-order valence-corrected chi connectivity index (χ0v) is 9.53. The standard InChI is InChI=1S/C12H16N2O2/c1-8-4-3-5-9(10(8)13)11(15)14-6-12(2,16)7-14/h3-5,16H,6-7,13H2,1-2H3. The van der Waals surface area contributed by atoms with Crippen molar-refractivity contribution in [1.82, 2.24) is 4.90 Å². The fourth-order valence-corrected chi connectivity index (χ4v) is 1.96. The van der Waals surface area contributed by atoms with Crippen molar-refractivity contribution in [2.45, 2.75) is 19.4 Å². The smallest absolute Gasteiger partial charge is 0.256 e. The number of benzene rings is 1. The second kappa shape index (κ2) is 3.49. The Morgan fingerprint density at radius 1 is 1.50 bits per heavy atom. The molecule has 1 aromatic carbocycles. The molecule has 4 nitrogen and oxygen atoms in total. The summed E-state index contributed by atoms with van der Waals surface area (Å²) >= 11 is 0. The number of likely N-dealkylation sites (tertiary alicyclic amines) is 1. The van der Waals surface area contributed by atoms with Crippen LogP contribution in [0.2, 0.25) is 0 Å². The lowest BCUT2D eigenvalue weighted by molar-refractivity contribution is -0.0668. The van der Waals surface area contributed by atoms with E-state index in [9.17, 15) is 9.90 Å². The minimum absolute atomic E-state index is 0.104. The van der Waals surface area contributed by atoms with Gasteiger partial charge >= 0.3 is 0 Å². The minimum atomic E-state index is -0.742. The number of aliphatic hydroxyl groups is 1. The molecule has 1 heterocycles. The lowest BCUT2D eigenvalue weighted by Gasteiger charge is -2.44. The molecule has 0 spiro atoms. The van der Waals surface area contributed by atoms with Crippen LogP contribution in [-0.2, 0) is 0 Å². The van der Waals surface area contributed by atoms with Gasteiger partial charge in [-0.3, -0.25) is 4.79 Å². The summed E-state index contributed by atoms with van der Waals surface area (Å²) in [6, 6.07) is 5.41. The quantitative estimate of drug-likeness (QED) is 0.687. The number of nitrogens with two attached hydrogens (primary N) is 1. The van der Waals surface area contributed by atoms with Gasteiger partial charge in [-0.2, -0.15) is 0 Å². The first-order valence-electron chi connectivity index (χ1n) is 5.27. The molecule has 0 aromatic heterocycles. The monoisotopic (exact) mass is 220 g/mol. The number of rotatable bonds is 1. The van der Waals surface area contributed by atoms with E-state index < -0.39 is 5.60 Å². The van der Waals surface area contributed by atoms with Gasteiger partial charge in [0.15, 0.2) is 0 Å². The second-order valence-electron chi connectivity index (χ2n) is 4.69. The Labute approximate surface area is 94.7 Å². The summed E-state index contributed by atoms with van der Waals surface area (Å²) in [5, 5.41) is 9.58. The van der Waals surface area contributed by atoms with E-state index in [1.165, 1.54) is 0 Å². The average Bonchev–Trinajstić information content (AvgIpc) is 2.17. The third kappa shape index (κ3) is 1.76. The Kier molecular flexibility index (Phi) is 2.39. The van der Waals surface area contributed by atoms with Gasteiger partial charge in [-0.25, -0.2) is 0 Å². The molecule has 2 rings (SSSR count). The second-order valence-corrected chi connectivity index (χ2v) is 4.69. The maximum atomic E-state index is 12.0. The summed E-state index contributed by atoms with van der Waals surface area (Å²) in [5.74, 6) is -0.104. The predicted molar refractivity (Wildman–Crippen MR) is 62.1 cm³/mol. The maximum Gasteiger partial charge on any atom is 0.256 e. The Morgan fingerprint density at radius 2 is 2.12 bits per heavy atom. The van der Waals surface area contributed by atoms with E-state index in [4.69, 9.17) is 5.73 Å². The Morgan fingerprint density at radius 3 is 2.69 bits per heavy atom. The molecular weight excluding hydrogens is 204 g/mol. The van der Waals surface area contributed by atoms with Crippen LogP contribution in [0.3, 0.4) is 0 Å². The minimum Gasteiger partial charge on any atom is -0.398 e. The average molecular weight is 220 g/mol. The number of aryl methyl sites for hydroxylation is 1. The molecule has 1 aliphatic rings. The van der Waals surface area contributed by atoms with Crippen molar-refractivity contribution >= 4 is 11.6 Å². The van der Waals surface area contributed by atoms with Crippen molar-refractivity contribution < 1.29 is 9.90 Å². The van der Waals surface area contributed by atoms with Crippen LogP contribution in [0, 0.1) is 6.92 Å². The van der Waals surface area contributed by atoms with E-state index in [2.05, 4.69) is 0 Å². The molecule has 1 saturated heterocycles. The lowest BCUT2D eigenvalue weighted by Crippen LogP contribution is -2.61. The number of nitrogen functional groups attached to an aromatic ring is 1. The summed E-state index contributed by atoms with van der Waals surface area (Å²) in [4.78, 5) is 13.6. The van der Waals surface area contributed by atoms with Crippen LogP contribution < -0.4 is 5.73 Å². The molecule has 4 heteroatoms. The zero-order chi connectivity index (χ0) is 11.9. The molecule has 0 saturated carbocycles. The van der Waals surface area contributed by atoms with Gasteiger partial charge in [-0.1, -0.05) is 12.1 Å². The van der Waals surface area contributed by atoms with E-state index in [1.54, 1.807) is 17.9 Å². The van der Waals surface area contributed by atoms with Crippen molar-refractivity contribution in [3.8, 4) is 0 Å². The molecule has 3 N–H and O–H groups in total. The molecule has 0 radical (unpaired) electrons. The van der Waals surface area contributed by atoms with Crippen molar-refractivity contribution in [3.05, 3.63) is 29.3 Å². The number of hydrogen-bond donors (Lipinski definition) is 2. The lowest BCUT2D eigenvalue weighted by atomic mass is 9.95. The molecule has 0 unspecified atom stereocenters. The third-order valence-corrected chi connectivity index (χ3v) is 2.90. The number of β-amino-alcohol motifs (C(OH)–C–C–N with tert-alkyl or cyclic N) is 1.